The first-order valence-corrected chi connectivity index (χ1v) is 11.7. The van der Waals surface area contributed by atoms with E-state index in [9.17, 15) is 14.7 Å². The number of cyclic esters (lactones) is 1. The fourth-order valence-corrected chi connectivity index (χ4v) is 5.31. The summed E-state index contributed by atoms with van der Waals surface area (Å²) in [5.74, 6) is -0.661. The van der Waals surface area contributed by atoms with Crippen LogP contribution in [0, 0.1) is 5.92 Å². The molecule has 1 saturated heterocycles. The molecule has 0 spiro atoms. The Morgan fingerprint density at radius 1 is 1.24 bits per heavy atom. The first-order valence-electron chi connectivity index (χ1n) is 11.3. The number of pyridine rings is 1. The molecule has 1 aliphatic heterocycles. The minimum Gasteiger partial charge on any atom is -0.511 e. The summed E-state index contributed by atoms with van der Waals surface area (Å²) in [4.78, 5) is 30.4. The number of carbonyl (C=O) groups excluding carboxylic acids is 2. The summed E-state index contributed by atoms with van der Waals surface area (Å²) in [5, 5.41) is 11.1. The molecule has 7 heteroatoms. The quantitative estimate of drug-likeness (QED) is 0.260. The zero-order chi connectivity index (χ0) is 23.4. The van der Waals surface area contributed by atoms with Crippen molar-refractivity contribution in [1.29, 1.82) is 0 Å². The molecule has 2 aliphatic rings. The van der Waals surface area contributed by atoms with Crippen LogP contribution in [0.25, 0.3) is 0 Å². The molecule has 0 radical (unpaired) electrons. The van der Waals surface area contributed by atoms with Gasteiger partial charge in [0.1, 0.15) is 22.7 Å². The third-order valence-electron chi connectivity index (χ3n) is 6.75. The van der Waals surface area contributed by atoms with E-state index in [4.69, 9.17) is 21.1 Å². The van der Waals surface area contributed by atoms with Crippen LogP contribution in [0.2, 0.25) is 5.02 Å². The van der Waals surface area contributed by atoms with Gasteiger partial charge >= 0.3 is 5.97 Å². The number of carbonyl (C=O) groups is 2. The Balaban J connectivity index is 1.56. The van der Waals surface area contributed by atoms with Gasteiger partial charge in [0.05, 0.1) is 18.6 Å². The topological polar surface area (TPSA) is 85.7 Å². The minimum atomic E-state index is -0.869. The average Bonchev–Trinajstić information content (AvgIpc) is 3.34. The van der Waals surface area contributed by atoms with E-state index in [0.29, 0.717) is 29.3 Å². The fraction of sp³-hybridized carbons (Fsp3) is 0.423. The van der Waals surface area contributed by atoms with Gasteiger partial charge < -0.3 is 14.6 Å². The maximum atomic E-state index is 13.2. The van der Waals surface area contributed by atoms with Crippen LogP contribution in [0.15, 0.2) is 53.9 Å². The molecule has 2 fully saturated rings. The van der Waals surface area contributed by atoms with Gasteiger partial charge in [-0.2, -0.15) is 0 Å². The number of rotatable bonds is 7. The van der Waals surface area contributed by atoms with E-state index in [1.807, 2.05) is 18.2 Å². The number of hydrogen-bond acceptors (Lipinski definition) is 6. The van der Waals surface area contributed by atoms with E-state index in [2.05, 4.69) is 4.98 Å². The van der Waals surface area contributed by atoms with Crippen LogP contribution in [-0.4, -0.2) is 34.6 Å². The Kier molecular flexibility index (Phi) is 7.03. The van der Waals surface area contributed by atoms with Gasteiger partial charge in [-0.15, -0.1) is 0 Å². The predicted octanol–water partition coefficient (Wildman–Crippen LogP) is 5.18. The number of nitrogens with zero attached hydrogens (tertiary/aromatic N) is 1. The van der Waals surface area contributed by atoms with Crippen molar-refractivity contribution in [1.82, 2.24) is 4.98 Å². The summed E-state index contributed by atoms with van der Waals surface area (Å²) in [6.45, 7) is 0. The van der Waals surface area contributed by atoms with Crippen molar-refractivity contribution < 1.29 is 24.2 Å². The van der Waals surface area contributed by atoms with E-state index in [0.717, 1.165) is 31.2 Å². The van der Waals surface area contributed by atoms with Crippen LogP contribution in [0.4, 0.5) is 0 Å². The van der Waals surface area contributed by atoms with E-state index in [1.165, 1.54) is 0 Å². The predicted molar refractivity (Wildman–Crippen MR) is 124 cm³/mol. The Morgan fingerprint density at radius 3 is 2.67 bits per heavy atom. The lowest BCUT2D eigenvalue weighted by Crippen LogP contribution is -2.49. The van der Waals surface area contributed by atoms with Crippen molar-refractivity contribution >= 4 is 23.4 Å². The Bertz CT molecular complexity index is 1040. The Morgan fingerprint density at radius 2 is 2.03 bits per heavy atom. The molecular weight excluding hydrogens is 442 g/mol. The first-order chi connectivity index (χ1) is 15.9. The molecule has 1 aromatic heterocycles. The zero-order valence-corrected chi connectivity index (χ0v) is 19.4. The van der Waals surface area contributed by atoms with Gasteiger partial charge in [0.25, 0.3) is 0 Å². The number of esters is 1. The molecule has 1 aromatic carbocycles. The Labute approximate surface area is 198 Å². The van der Waals surface area contributed by atoms with Crippen LogP contribution in [-0.2, 0) is 27.2 Å². The summed E-state index contributed by atoms with van der Waals surface area (Å²) in [6.07, 6.45) is 6.77. The van der Waals surface area contributed by atoms with Crippen molar-refractivity contribution in [2.24, 2.45) is 5.92 Å². The third kappa shape index (κ3) is 5.06. The molecular formula is C26H28ClNO5. The molecule has 1 N–H and O–H groups in total. The minimum absolute atomic E-state index is 0.0117. The van der Waals surface area contributed by atoms with Crippen molar-refractivity contribution in [3.63, 3.8) is 0 Å². The van der Waals surface area contributed by atoms with Crippen LogP contribution < -0.4 is 4.74 Å². The van der Waals surface area contributed by atoms with Crippen LogP contribution >= 0.6 is 11.6 Å². The van der Waals surface area contributed by atoms with Gasteiger partial charge in [0, 0.05) is 18.3 Å². The van der Waals surface area contributed by atoms with E-state index >= 15 is 0 Å². The molecule has 0 amide bonds. The molecule has 1 unspecified atom stereocenters. The van der Waals surface area contributed by atoms with Gasteiger partial charge in [0.15, 0.2) is 5.78 Å². The molecule has 174 valence electrons. The fourth-order valence-electron chi connectivity index (χ4n) is 5.03. The lowest BCUT2D eigenvalue weighted by molar-refractivity contribution is -0.171. The standard InChI is InChI=1S/C26H28ClNO5/c1-32-23-10-9-17(14-20(23)27)11-12-26(18-6-2-3-7-18)16-22(30)24(25(31)33-26)21(29)15-19-8-4-5-13-28-19/h4-5,8-10,13-14,18,29H,2-3,6-7,11-12,15-16H2,1H3/b24-21+. The van der Waals surface area contributed by atoms with Gasteiger partial charge in [0.2, 0.25) is 0 Å². The number of aliphatic hydroxyl groups excluding tert-OH is 1. The molecule has 4 rings (SSSR count). The zero-order valence-electron chi connectivity index (χ0n) is 18.7. The number of benzene rings is 1. The first kappa shape index (κ1) is 23.3. The summed E-state index contributed by atoms with van der Waals surface area (Å²) >= 11 is 6.28. The normalized spacial score (nSPS) is 22.8. The number of aliphatic hydroxyl groups is 1. The highest BCUT2D eigenvalue weighted by Crippen LogP contribution is 2.45. The van der Waals surface area contributed by atoms with Crippen molar-refractivity contribution in [3.05, 3.63) is 70.2 Å². The second kappa shape index (κ2) is 9.96. The van der Waals surface area contributed by atoms with Gasteiger partial charge in [-0.05, 0) is 61.4 Å². The SMILES string of the molecule is COc1ccc(CCC2(C3CCCC3)CC(=O)/C(=C(\O)Cc3ccccn3)C(=O)O2)cc1Cl. The van der Waals surface area contributed by atoms with Crippen molar-refractivity contribution in [2.75, 3.05) is 7.11 Å². The van der Waals surface area contributed by atoms with Crippen LogP contribution in [0.5, 0.6) is 5.75 Å². The number of Topliss-reactive ketones (excluding diaryl/α,β-unsaturated/α-hetero) is 1. The summed E-state index contributed by atoms with van der Waals surface area (Å²) in [6, 6.07) is 10.9. The lowest BCUT2D eigenvalue weighted by Gasteiger charge is -2.41. The summed E-state index contributed by atoms with van der Waals surface area (Å²) < 4.78 is 11.3. The van der Waals surface area contributed by atoms with Gasteiger partial charge in [-0.1, -0.05) is 36.6 Å². The molecule has 6 nitrogen and oxygen atoms in total. The highest BCUT2D eigenvalue weighted by atomic mass is 35.5. The number of hydrogen-bond donors (Lipinski definition) is 1. The Hall–Kier alpha value is -2.86. The van der Waals surface area contributed by atoms with Crippen LogP contribution in [0.1, 0.15) is 49.8 Å². The number of aromatic nitrogens is 1. The van der Waals surface area contributed by atoms with Crippen LogP contribution in [0.3, 0.4) is 0 Å². The summed E-state index contributed by atoms with van der Waals surface area (Å²) in [5.41, 5.74) is 0.446. The molecule has 1 atom stereocenters. The number of halogens is 1. The number of aryl methyl sites for hydroxylation is 1. The van der Waals surface area contributed by atoms with E-state index in [-0.39, 0.29) is 35.9 Å². The van der Waals surface area contributed by atoms with Crippen molar-refractivity contribution in [2.45, 2.75) is 57.0 Å². The molecule has 1 saturated carbocycles. The second-order valence-corrected chi connectivity index (χ2v) is 9.23. The third-order valence-corrected chi connectivity index (χ3v) is 7.05. The lowest BCUT2D eigenvalue weighted by atomic mass is 9.75. The smallest absolute Gasteiger partial charge is 0.345 e. The van der Waals surface area contributed by atoms with E-state index < -0.39 is 11.6 Å². The average molecular weight is 470 g/mol. The van der Waals surface area contributed by atoms with E-state index in [1.54, 1.807) is 31.5 Å². The van der Waals surface area contributed by atoms with Gasteiger partial charge in [-0.3, -0.25) is 9.78 Å². The molecule has 2 aromatic rings. The molecule has 1 aliphatic carbocycles. The number of methoxy groups -OCH3 is 1. The highest BCUT2D eigenvalue weighted by Gasteiger charge is 2.50. The molecule has 2 heterocycles. The number of allylic oxidation sites excluding steroid dienone is 1. The maximum absolute atomic E-state index is 13.2. The number of ketones is 1. The monoisotopic (exact) mass is 469 g/mol. The molecule has 33 heavy (non-hydrogen) atoms. The second-order valence-electron chi connectivity index (χ2n) is 8.82. The summed E-state index contributed by atoms with van der Waals surface area (Å²) in [7, 11) is 1.57. The van der Waals surface area contributed by atoms with Gasteiger partial charge in [-0.25, -0.2) is 4.79 Å². The highest BCUT2D eigenvalue weighted by molar-refractivity contribution is 6.32. The number of ether oxygens (including phenoxy) is 2. The largest absolute Gasteiger partial charge is 0.511 e. The maximum Gasteiger partial charge on any atom is 0.345 e. The van der Waals surface area contributed by atoms with Crippen molar-refractivity contribution in [3.8, 4) is 5.75 Å². The molecule has 0 bridgehead atoms.